The number of carbonyl (C=O) groups is 1. The Morgan fingerprint density at radius 3 is 2.92 bits per heavy atom. The fraction of sp³-hybridized carbons (Fsp3) is 0.429. The van der Waals surface area contributed by atoms with Crippen LogP contribution in [0.25, 0.3) is 0 Å². The Balaban J connectivity index is 2.54. The molecule has 0 aliphatic rings. The number of urea groups is 1. The van der Waals surface area contributed by atoms with Crippen molar-refractivity contribution in [3.63, 3.8) is 0 Å². The number of aryl methyl sites for hydroxylation is 1. The molecule has 1 N–H and O–H groups in total. The van der Waals surface area contributed by atoms with Gasteiger partial charge in [-0.05, 0) is 24.5 Å². The van der Waals surface area contributed by atoms with Gasteiger partial charge in [-0.25, -0.2) is 9.86 Å². The fourth-order valence-electron chi connectivity index (χ4n) is 0.690. The molecule has 0 unspecified atom stereocenters. The maximum absolute atomic E-state index is 11.2. The summed E-state index contributed by atoms with van der Waals surface area (Å²) in [7, 11) is 2.96. The lowest BCUT2D eigenvalue weighted by Gasteiger charge is -2.12. The number of anilines is 1. The molecule has 2 amide bonds. The van der Waals surface area contributed by atoms with Gasteiger partial charge >= 0.3 is 6.03 Å². The monoisotopic (exact) mass is 201 g/mol. The topological polar surface area (TPSA) is 54.5 Å². The molecule has 0 aliphatic heterocycles. The quantitative estimate of drug-likeness (QED) is 0.737. The number of carbonyl (C=O) groups excluding carboxylic acids is 1. The Morgan fingerprint density at radius 2 is 2.46 bits per heavy atom. The molecule has 0 aromatic carbocycles. The van der Waals surface area contributed by atoms with Crippen LogP contribution in [0.1, 0.15) is 5.69 Å². The second-order valence-electron chi connectivity index (χ2n) is 2.44. The molecule has 0 aliphatic carbocycles. The van der Waals surface area contributed by atoms with E-state index in [0.717, 1.165) is 10.8 Å². The zero-order valence-electron chi connectivity index (χ0n) is 7.70. The van der Waals surface area contributed by atoms with Crippen molar-refractivity contribution < 1.29 is 9.63 Å². The number of amides is 2. The van der Waals surface area contributed by atoms with Crippen molar-refractivity contribution in [1.29, 1.82) is 0 Å². The van der Waals surface area contributed by atoms with Crippen molar-refractivity contribution in [3.8, 4) is 0 Å². The zero-order chi connectivity index (χ0) is 9.84. The summed E-state index contributed by atoms with van der Waals surface area (Å²) < 4.78 is 4.02. The standard InChI is InChI=1S/C7H11N3O2S/c1-5-4-6(13-9-5)8-7(11)10(2)12-3/h4H,1-3H3,(H,8,11). The lowest BCUT2D eigenvalue weighted by molar-refractivity contribution is -0.0597. The van der Waals surface area contributed by atoms with Crippen LogP contribution in [0.4, 0.5) is 9.80 Å². The first kappa shape index (κ1) is 9.94. The Bertz CT molecular complexity index is 300. The summed E-state index contributed by atoms with van der Waals surface area (Å²) in [5, 5.41) is 4.45. The van der Waals surface area contributed by atoms with Gasteiger partial charge in [0, 0.05) is 7.05 Å². The predicted octanol–water partition coefficient (Wildman–Crippen LogP) is 1.48. The van der Waals surface area contributed by atoms with Crippen LogP contribution in [-0.2, 0) is 4.84 Å². The number of hydrogen-bond donors (Lipinski definition) is 1. The van der Waals surface area contributed by atoms with Gasteiger partial charge in [0.2, 0.25) is 0 Å². The first-order valence-electron chi connectivity index (χ1n) is 3.65. The minimum atomic E-state index is -0.314. The molecule has 13 heavy (non-hydrogen) atoms. The fourth-order valence-corrected chi connectivity index (χ4v) is 1.34. The van der Waals surface area contributed by atoms with Gasteiger partial charge < -0.3 is 0 Å². The van der Waals surface area contributed by atoms with Gasteiger partial charge in [0.15, 0.2) is 0 Å². The van der Waals surface area contributed by atoms with E-state index in [-0.39, 0.29) is 6.03 Å². The van der Waals surface area contributed by atoms with E-state index in [1.807, 2.05) is 6.92 Å². The van der Waals surface area contributed by atoms with Gasteiger partial charge in [0.05, 0.1) is 12.8 Å². The van der Waals surface area contributed by atoms with E-state index < -0.39 is 0 Å². The summed E-state index contributed by atoms with van der Waals surface area (Å²) in [4.78, 5) is 15.9. The third kappa shape index (κ3) is 2.67. The molecular formula is C7H11N3O2S. The summed E-state index contributed by atoms with van der Waals surface area (Å²) in [5.41, 5.74) is 0.889. The summed E-state index contributed by atoms with van der Waals surface area (Å²) >= 11 is 1.24. The Morgan fingerprint density at radius 1 is 1.77 bits per heavy atom. The van der Waals surface area contributed by atoms with Crippen LogP contribution in [0.2, 0.25) is 0 Å². The SMILES string of the molecule is CON(C)C(=O)Nc1cc(C)ns1. The predicted molar refractivity (Wildman–Crippen MR) is 50.6 cm³/mol. The van der Waals surface area contributed by atoms with Gasteiger partial charge in [-0.15, -0.1) is 0 Å². The number of nitrogens with one attached hydrogen (secondary N) is 1. The van der Waals surface area contributed by atoms with Crippen molar-refractivity contribution in [2.75, 3.05) is 19.5 Å². The molecule has 0 bridgehead atoms. The minimum absolute atomic E-state index is 0.314. The minimum Gasteiger partial charge on any atom is -0.296 e. The largest absolute Gasteiger partial charge is 0.346 e. The molecule has 0 saturated heterocycles. The molecule has 72 valence electrons. The van der Waals surface area contributed by atoms with E-state index in [4.69, 9.17) is 4.84 Å². The van der Waals surface area contributed by atoms with Crippen molar-refractivity contribution in [2.45, 2.75) is 6.92 Å². The number of aromatic nitrogens is 1. The second-order valence-corrected chi connectivity index (χ2v) is 3.25. The van der Waals surface area contributed by atoms with Crippen molar-refractivity contribution in [2.24, 2.45) is 0 Å². The number of hydroxylamine groups is 2. The molecule has 5 nitrogen and oxygen atoms in total. The molecular weight excluding hydrogens is 190 g/mol. The van der Waals surface area contributed by atoms with Crippen LogP contribution in [0, 0.1) is 6.92 Å². The van der Waals surface area contributed by atoms with Gasteiger partial charge in [-0.2, -0.15) is 4.37 Å². The molecule has 1 rings (SSSR count). The number of rotatable bonds is 2. The third-order valence-electron chi connectivity index (χ3n) is 1.42. The molecule has 0 atom stereocenters. The van der Waals surface area contributed by atoms with Gasteiger partial charge in [0.25, 0.3) is 0 Å². The van der Waals surface area contributed by atoms with Gasteiger partial charge in [-0.1, -0.05) is 0 Å². The average Bonchev–Trinajstić information content (AvgIpc) is 2.49. The molecule has 0 saturated carbocycles. The molecule has 1 aromatic rings. The smallest absolute Gasteiger partial charge is 0.296 e. The van der Waals surface area contributed by atoms with Crippen LogP contribution in [0.3, 0.4) is 0 Å². The van der Waals surface area contributed by atoms with Crippen LogP contribution < -0.4 is 5.32 Å². The van der Waals surface area contributed by atoms with E-state index in [0.29, 0.717) is 5.00 Å². The van der Waals surface area contributed by atoms with Gasteiger partial charge in [-0.3, -0.25) is 10.2 Å². The second kappa shape index (κ2) is 4.20. The number of nitrogens with zero attached hydrogens (tertiary/aromatic N) is 2. The Hall–Kier alpha value is -1.14. The first-order valence-corrected chi connectivity index (χ1v) is 4.43. The summed E-state index contributed by atoms with van der Waals surface area (Å²) in [5.74, 6) is 0. The normalized spacial score (nSPS) is 9.77. The molecule has 0 radical (unpaired) electrons. The van der Waals surface area contributed by atoms with E-state index in [1.165, 1.54) is 25.7 Å². The van der Waals surface area contributed by atoms with Crippen molar-refractivity contribution in [1.82, 2.24) is 9.44 Å². The van der Waals surface area contributed by atoms with E-state index in [2.05, 4.69) is 9.69 Å². The lowest BCUT2D eigenvalue weighted by atomic mass is 10.5. The molecule has 1 aromatic heterocycles. The lowest BCUT2D eigenvalue weighted by Crippen LogP contribution is -2.29. The highest BCUT2D eigenvalue weighted by Crippen LogP contribution is 2.15. The Kier molecular flexibility index (Phi) is 3.21. The van der Waals surface area contributed by atoms with E-state index in [9.17, 15) is 4.79 Å². The third-order valence-corrected chi connectivity index (χ3v) is 2.21. The highest BCUT2D eigenvalue weighted by Gasteiger charge is 2.08. The van der Waals surface area contributed by atoms with E-state index in [1.54, 1.807) is 6.07 Å². The summed E-state index contributed by atoms with van der Waals surface area (Å²) in [6.07, 6.45) is 0. The van der Waals surface area contributed by atoms with Crippen molar-refractivity contribution >= 4 is 22.6 Å². The van der Waals surface area contributed by atoms with Crippen molar-refractivity contribution in [3.05, 3.63) is 11.8 Å². The summed E-state index contributed by atoms with van der Waals surface area (Å²) in [6, 6.07) is 1.48. The first-order chi connectivity index (χ1) is 6.13. The van der Waals surface area contributed by atoms with Crippen LogP contribution in [-0.4, -0.2) is 29.6 Å². The highest BCUT2D eigenvalue weighted by atomic mass is 32.1. The molecule has 1 heterocycles. The van der Waals surface area contributed by atoms with Crippen LogP contribution in [0.5, 0.6) is 0 Å². The maximum Gasteiger partial charge on any atom is 0.346 e. The number of hydrogen-bond acceptors (Lipinski definition) is 4. The average molecular weight is 201 g/mol. The van der Waals surface area contributed by atoms with Crippen LogP contribution >= 0.6 is 11.5 Å². The zero-order valence-corrected chi connectivity index (χ0v) is 8.51. The summed E-state index contributed by atoms with van der Waals surface area (Å²) in [6.45, 7) is 1.87. The van der Waals surface area contributed by atoms with E-state index >= 15 is 0 Å². The van der Waals surface area contributed by atoms with Crippen LogP contribution in [0.15, 0.2) is 6.07 Å². The van der Waals surface area contributed by atoms with Gasteiger partial charge in [0.1, 0.15) is 5.00 Å². The molecule has 0 spiro atoms. The molecule has 6 heteroatoms. The Labute approximate surface area is 80.4 Å². The highest BCUT2D eigenvalue weighted by molar-refractivity contribution is 7.10. The molecule has 0 fully saturated rings. The maximum atomic E-state index is 11.2.